The van der Waals surface area contributed by atoms with Crippen LogP contribution in [-0.4, -0.2) is 60.4 Å². The number of hydrogen-bond acceptors (Lipinski definition) is 4. The van der Waals surface area contributed by atoms with Crippen LogP contribution in [0.3, 0.4) is 0 Å². The fraction of sp³-hybridized carbons (Fsp3) is 0.833. The molecule has 0 spiro atoms. The van der Waals surface area contributed by atoms with Gasteiger partial charge in [0.2, 0.25) is 5.91 Å². The molecule has 1 heterocycles. The number of aliphatic carboxylic acids is 1. The van der Waals surface area contributed by atoms with Gasteiger partial charge in [-0.3, -0.25) is 4.79 Å². The zero-order chi connectivity index (χ0) is 13.0. The van der Waals surface area contributed by atoms with Crippen molar-refractivity contribution in [1.29, 1.82) is 0 Å². The molecular weight excluding hydrogens is 238 g/mol. The summed E-state index contributed by atoms with van der Waals surface area (Å²) in [5.74, 6) is -1.17. The molecule has 2 rings (SSSR count). The Kier molecular flexibility index (Phi) is 4.54. The van der Waals surface area contributed by atoms with Crippen molar-refractivity contribution >= 4 is 11.9 Å². The molecule has 6 heteroatoms. The van der Waals surface area contributed by atoms with E-state index < -0.39 is 12.1 Å². The van der Waals surface area contributed by atoms with Crippen LogP contribution in [0.5, 0.6) is 0 Å². The van der Waals surface area contributed by atoms with Gasteiger partial charge in [0.25, 0.3) is 0 Å². The Morgan fingerprint density at radius 3 is 2.72 bits per heavy atom. The second kappa shape index (κ2) is 6.15. The molecule has 0 aromatic heterocycles. The fourth-order valence-electron chi connectivity index (χ4n) is 2.36. The van der Waals surface area contributed by atoms with Crippen LogP contribution >= 0.6 is 0 Å². The average Bonchev–Trinajstić information content (AvgIpc) is 2.89. The minimum atomic E-state index is -1.02. The van der Waals surface area contributed by atoms with Crippen molar-refractivity contribution in [3.63, 3.8) is 0 Å². The number of hydrogen-bond donors (Lipinski definition) is 1. The highest BCUT2D eigenvalue weighted by molar-refractivity contribution is 5.79. The van der Waals surface area contributed by atoms with Gasteiger partial charge in [-0.15, -0.1) is 0 Å². The number of carbonyl (C=O) groups excluding carboxylic acids is 1. The topological polar surface area (TPSA) is 76.1 Å². The number of carboxylic acid groups (broad SMARTS) is 1. The van der Waals surface area contributed by atoms with Crippen molar-refractivity contribution in [2.24, 2.45) is 0 Å². The van der Waals surface area contributed by atoms with Gasteiger partial charge in [0, 0.05) is 6.54 Å². The van der Waals surface area contributed by atoms with Gasteiger partial charge in [-0.25, -0.2) is 4.79 Å². The van der Waals surface area contributed by atoms with Gasteiger partial charge in [0.15, 0.2) is 6.10 Å². The summed E-state index contributed by atoms with van der Waals surface area (Å²) in [7, 11) is 0. The third-order valence-electron chi connectivity index (χ3n) is 3.44. The van der Waals surface area contributed by atoms with E-state index in [4.69, 9.17) is 14.6 Å². The Labute approximate surface area is 106 Å². The number of amides is 1. The van der Waals surface area contributed by atoms with Crippen molar-refractivity contribution in [3.8, 4) is 0 Å². The van der Waals surface area contributed by atoms with Crippen LogP contribution < -0.4 is 0 Å². The molecule has 1 saturated heterocycles. The van der Waals surface area contributed by atoms with E-state index in [1.54, 1.807) is 0 Å². The Morgan fingerprint density at radius 1 is 1.33 bits per heavy atom. The van der Waals surface area contributed by atoms with Crippen molar-refractivity contribution in [2.75, 3.05) is 26.3 Å². The standard InChI is InChI=1S/C12H19NO5/c14-11(8-18-9-3-1-2-4-9)13-5-6-17-10(7-13)12(15)16/h9-10H,1-8H2,(H,15,16). The SMILES string of the molecule is O=C(O)C1CN(C(=O)COC2CCCC2)CCO1. The molecule has 102 valence electrons. The van der Waals surface area contributed by atoms with Gasteiger partial charge in [0.1, 0.15) is 6.61 Å². The van der Waals surface area contributed by atoms with Gasteiger partial charge < -0.3 is 19.5 Å². The third kappa shape index (κ3) is 3.43. The monoisotopic (exact) mass is 257 g/mol. The minimum absolute atomic E-state index is 0.0526. The molecule has 1 aliphatic heterocycles. The van der Waals surface area contributed by atoms with E-state index in [-0.39, 0.29) is 31.8 Å². The minimum Gasteiger partial charge on any atom is -0.479 e. The molecule has 18 heavy (non-hydrogen) atoms. The zero-order valence-corrected chi connectivity index (χ0v) is 10.3. The molecule has 1 amide bonds. The first-order valence-corrected chi connectivity index (χ1v) is 6.40. The van der Waals surface area contributed by atoms with Crippen LogP contribution in [0.4, 0.5) is 0 Å². The Morgan fingerprint density at radius 2 is 2.06 bits per heavy atom. The van der Waals surface area contributed by atoms with Gasteiger partial charge >= 0.3 is 5.97 Å². The lowest BCUT2D eigenvalue weighted by atomic mass is 10.2. The average molecular weight is 257 g/mol. The highest BCUT2D eigenvalue weighted by atomic mass is 16.5. The van der Waals surface area contributed by atoms with E-state index in [1.165, 1.54) is 4.90 Å². The molecule has 0 aromatic carbocycles. The lowest BCUT2D eigenvalue weighted by Gasteiger charge is -2.31. The molecule has 1 aliphatic carbocycles. The van der Waals surface area contributed by atoms with Gasteiger partial charge in [-0.2, -0.15) is 0 Å². The summed E-state index contributed by atoms with van der Waals surface area (Å²) < 4.78 is 10.6. The molecule has 1 atom stereocenters. The summed E-state index contributed by atoms with van der Waals surface area (Å²) in [6.45, 7) is 0.877. The van der Waals surface area contributed by atoms with Crippen molar-refractivity contribution in [1.82, 2.24) is 4.90 Å². The molecular formula is C12H19NO5. The summed E-state index contributed by atoms with van der Waals surface area (Å²) in [5.41, 5.74) is 0. The number of morpholine rings is 1. The Balaban J connectivity index is 1.75. The van der Waals surface area contributed by atoms with E-state index in [1.807, 2.05) is 0 Å². The summed E-state index contributed by atoms with van der Waals surface area (Å²) in [6.07, 6.45) is 3.66. The van der Waals surface area contributed by atoms with Crippen LogP contribution in [0.1, 0.15) is 25.7 Å². The maximum Gasteiger partial charge on any atom is 0.334 e. The number of carbonyl (C=O) groups is 2. The molecule has 0 radical (unpaired) electrons. The van der Waals surface area contributed by atoms with E-state index in [2.05, 4.69) is 0 Å². The maximum atomic E-state index is 11.9. The molecule has 2 aliphatic rings. The fourth-order valence-corrected chi connectivity index (χ4v) is 2.36. The lowest BCUT2D eigenvalue weighted by molar-refractivity contribution is -0.161. The maximum absolute atomic E-state index is 11.9. The molecule has 1 unspecified atom stereocenters. The second-order valence-corrected chi connectivity index (χ2v) is 4.75. The first-order chi connectivity index (χ1) is 8.66. The molecule has 0 aromatic rings. The first kappa shape index (κ1) is 13.3. The van der Waals surface area contributed by atoms with Crippen LogP contribution in [0, 0.1) is 0 Å². The highest BCUT2D eigenvalue weighted by Gasteiger charge is 2.29. The molecule has 1 N–H and O–H groups in total. The highest BCUT2D eigenvalue weighted by Crippen LogP contribution is 2.20. The number of ether oxygens (including phenoxy) is 2. The number of rotatable bonds is 4. The Bertz CT molecular complexity index is 314. The van der Waals surface area contributed by atoms with Crippen LogP contribution in [0.15, 0.2) is 0 Å². The predicted octanol–water partition coefficient (Wildman–Crippen LogP) is 0.258. The largest absolute Gasteiger partial charge is 0.479 e. The van der Waals surface area contributed by atoms with E-state index in [9.17, 15) is 9.59 Å². The zero-order valence-electron chi connectivity index (χ0n) is 10.3. The van der Waals surface area contributed by atoms with Crippen LogP contribution in [0.2, 0.25) is 0 Å². The summed E-state index contributed by atoms with van der Waals surface area (Å²) in [6, 6.07) is 0. The van der Waals surface area contributed by atoms with Crippen molar-refractivity contribution in [2.45, 2.75) is 37.9 Å². The quantitative estimate of drug-likeness (QED) is 0.781. The smallest absolute Gasteiger partial charge is 0.334 e. The van der Waals surface area contributed by atoms with E-state index in [0.29, 0.717) is 6.54 Å². The second-order valence-electron chi connectivity index (χ2n) is 4.75. The predicted molar refractivity (Wildman–Crippen MR) is 62.2 cm³/mol. The lowest BCUT2D eigenvalue weighted by Crippen LogP contribution is -2.49. The Hall–Kier alpha value is -1.14. The third-order valence-corrected chi connectivity index (χ3v) is 3.44. The van der Waals surface area contributed by atoms with Gasteiger partial charge in [0.05, 0.1) is 19.3 Å². The summed E-state index contributed by atoms with van der Waals surface area (Å²) >= 11 is 0. The number of carboxylic acids is 1. The molecule has 2 fully saturated rings. The van der Waals surface area contributed by atoms with Crippen LogP contribution in [0.25, 0.3) is 0 Å². The molecule has 1 saturated carbocycles. The normalized spacial score (nSPS) is 25.3. The molecule has 0 bridgehead atoms. The van der Waals surface area contributed by atoms with Gasteiger partial charge in [-0.1, -0.05) is 12.8 Å². The van der Waals surface area contributed by atoms with Crippen LogP contribution in [-0.2, 0) is 19.1 Å². The number of nitrogens with zero attached hydrogens (tertiary/aromatic N) is 1. The first-order valence-electron chi connectivity index (χ1n) is 6.40. The van der Waals surface area contributed by atoms with Crippen molar-refractivity contribution < 1.29 is 24.2 Å². The van der Waals surface area contributed by atoms with Gasteiger partial charge in [-0.05, 0) is 12.8 Å². The van der Waals surface area contributed by atoms with E-state index in [0.717, 1.165) is 25.7 Å². The summed E-state index contributed by atoms with van der Waals surface area (Å²) in [5, 5.41) is 8.85. The molecule has 6 nitrogen and oxygen atoms in total. The van der Waals surface area contributed by atoms with E-state index >= 15 is 0 Å². The van der Waals surface area contributed by atoms with Crippen molar-refractivity contribution in [3.05, 3.63) is 0 Å². The summed E-state index contributed by atoms with van der Waals surface area (Å²) in [4.78, 5) is 24.2.